The molecule has 0 aliphatic rings. The van der Waals surface area contributed by atoms with E-state index in [0.717, 1.165) is 6.42 Å². The van der Waals surface area contributed by atoms with Gasteiger partial charge < -0.3 is 0 Å². The van der Waals surface area contributed by atoms with Gasteiger partial charge in [-0.1, -0.05) is 12.1 Å². The van der Waals surface area contributed by atoms with Gasteiger partial charge in [-0.15, -0.1) is 0 Å². The maximum atomic E-state index is 3.62. The summed E-state index contributed by atoms with van der Waals surface area (Å²) in [7, 11) is 1.65. The predicted molar refractivity (Wildman–Crippen MR) is 33.7 cm³/mol. The maximum absolute atomic E-state index is 3.62. The molecular weight excluding hydrogens is 102 g/mol. The Kier molecular flexibility index (Phi) is 4.21. The molecule has 3 heteroatoms. The molecule has 48 valence electrons. The summed E-state index contributed by atoms with van der Waals surface area (Å²) in [6.45, 7) is 4.16. The van der Waals surface area contributed by atoms with Crippen molar-refractivity contribution in [2.75, 3.05) is 7.05 Å². The van der Waals surface area contributed by atoms with Crippen LogP contribution in [0.15, 0.2) is 10.3 Å². The molecule has 0 aliphatic carbocycles. The standard InChI is InChI=1S/C5H13N3/c1-4-5(2)7-8-6-3/h5H,4H2,1-3H3,(H,6,7). The molecule has 0 radical (unpaired) electrons. The van der Waals surface area contributed by atoms with Gasteiger partial charge in [-0.25, -0.2) is 0 Å². The second-order valence-corrected chi connectivity index (χ2v) is 1.74. The third-order valence-electron chi connectivity index (χ3n) is 0.990. The lowest BCUT2D eigenvalue weighted by Crippen LogP contribution is -2.18. The number of rotatable bonds is 3. The van der Waals surface area contributed by atoms with Crippen molar-refractivity contribution in [3.8, 4) is 0 Å². The van der Waals surface area contributed by atoms with E-state index in [2.05, 4.69) is 29.6 Å². The van der Waals surface area contributed by atoms with Crippen molar-refractivity contribution in [3.63, 3.8) is 0 Å². The van der Waals surface area contributed by atoms with Crippen LogP contribution in [0.1, 0.15) is 20.3 Å². The minimum absolute atomic E-state index is 0.443. The first-order valence-corrected chi connectivity index (χ1v) is 2.85. The van der Waals surface area contributed by atoms with Crippen molar-refractivity contribution in [2.24, 2.45) is 10.3 Å². The first kappa shape index (κ1) is 7.40. The number of nitrogens with zero attached hydrogens (tertiary/aromatic N) is 2. The van der Waals surface area contributed by atoms with Crippen LogP contribution in [0.4, 0.5) is 0 Å². The molecule has 0 aromatic rings. The first-order valence-electron chi connectivity index (χ1n) is 2.85. The third kappa shape index (κ3) is 3.59. The van der Waals surface area contributed by atoms with Crippen molar-refractivity contribution >= 4 is 0 Å². The number of hydrogen-bond acceptors (Lipinski definition) is 2. The zero-order valence-corrected chi connectivity index (χ0v) is 5.68. The van der Waals surface area contributed by atoms with Crippen molar-refractivity contribution in [3.05, 3.63) is 0 Å². The van der Waals surface area contributed by atoms with E-state index in [0.29, 0.717) is 6.04 Å². The average molecular weight is 115 g/mol. The average Bonchev–Trinajstić information content (AvgIpc) is 1.83. The van der Waals surface area contributed by atoms with Gasteiger partial charge in [0, 0.05) is 6.04 Å². The Labute approximate surface area is 50.2 Å². The fourth-order valence-electron chi connectivity index (χ4n) is 0.248. The van der Waals surface area contributed by atoms with Crippen LogP contribution < -0.4 is 5.43 Å². The van der Waals surface area contributed by atoms with Gasteiger partial charge >= 0.3 is 0 Å². The lowest BCUT2D eigenvalue weighted by Gasteiger charge is -2.03. The van der Waals surface area contributed by atoms with Gasteiger partial charge in [-0.3, -0.25) is 5.43 Å². The zero-order valence-electron chi connectivity index (χ0n) is 5.68. The fraction of sp³-hybridized carbons (Fsp3) is 1.00. The van der Waals surface area contributed by atoms with Gasteiger partial charge in [-0.05, 0) is 13.3 Å². The highest BCUT2D eigenvalue weighted by atomic mass is 15.4. The normalized spacial score (nSPS) is 14.4. The summed E-state index contributed by atoms with van der Waals surface area (Å²) in [5, 5.41) is 7.16. The largest absolute Gasteiger partial charge is 0.289 e. The summed E-state index contributed by atoms with van der Waals surface area (Å²) >= 11 is 0. The second-order valence-electron chi connectivity index (χ2n) is 1.74. The molecule has 0 bridgehead atoms. The summed E-state index contributed by atoms with van der Waals surface area (Å²) < 4.78 is 0. The van der Waals surface area contributed by atoms with E-state index < -0.39 is 0 Å². The van der Waals surface area contributed by atoms with E-state index in [1.54, 1.807) is 7.05 Å². The Bertz CT molecular complexity index is 70.1. The number of nitrogens with one attached hydrogen (secondary N) is 1. The van der Waals surface area contributed by atoms with Crippen LogP contribution in [0.5, 0.6) is 0 Å². The van der Waals surface area contributed by atoms with E-state index in [-0.39, 0.29) is 0 Å². The van der Waals surface area contributed by atoms with Crippen molar-refractivity contribution < 1.29 is 0 Å². The molecule has 1 atom stereocenters. The molecule has 0 aliphatic heterocycles. The summed E-state index contributed by atoms with van der Waals surface area (Å²) in [5.41, 5.74) is 2.84. The minimum atomic E-state index is 0.443. The first-order chi connectivity index (χ1) is 3.81. The van der Waals surface area contributed by atoms with Gasteiger partial charge in [0.25, 0.3) is 0 Å². The Balaban J connectivity index is 3.10. The molecule has 0 amide bonds. The van der Waals surface area contributed by atoms with Crippen LogP contribution >= 0.6 is 0 Å². The zero-order chi connectivity index (χ0) is 6.41. The van der Waals surface area contributed by atoms with Gasteiger partial charge in [0.15, 0.2) is 0 Å². The Morgan fingerprint density at radius 3 is 2.62 bits per heavy atom. The summed E-state index contributed by atoms with van der Waals surface area (Å²) in [6.07, 6.45) is 1.08. The smallest absolute Gasteiger partial charge is 0.0509 e. The topological polar surface area (TPSA) is 36.8 Å². The van der Waals surface area contributed by atoms with Crippen LogP contribution in [0.2, 0.25) is 0 Å². The highest BCUT2D eigenvalue weighted by Gasteiger charge is 1.90. The van der Waals surface area contributed by atoms with Crippen LogP contribution in [-0.2, 0) is 0 Å². The van der Waals surface area contributed by atoms with E-state index in [4.69, 9.17) is 0 Å². The van der Waals surface area contributed by atoms with E-state index in [1.807, 2.05) is 0 Å². The number of hydrogen-bond donors (Lipinski definition) is 1. The monoisotopic (exact) mass is 115 g/mol. The Morgan fingerprint density at radius 1 is 1.62 bits per heavy atom. The van der Waals surface area contributed by atoms with Gasteiger partial charge in [0.2, 0.25) is 0 Å². The van der Waals surface area contributed by atoms with E-state index in [9.17, 15) is 0 Å². The molecule has 0 heterocycles. The molecule has 0 saturated carbocycles. The third-order valence-corrected chi connectivity index (χ3v) is 0.990. The van der Waals surface area contributed by atoms with Gasteiger partial charge in [-0.2, -0.15) is 5.11 Å². The molecule has 0 aromatic carbocycles. The molecular formula is C5H13N3. The SMILES string of the molecule is CCC(C)NN=NC. The summed E-state index contributed by atoms with van der Waals surface area (Å²) in [6, 6.07) is 0.443. The van der Waals surface area contributed by atoms with E-state index >= 15 is 0 Å². The lowest BCUT2D eigenvalue weighted by atomic mass is 10.3. The van der Waals surface area contributed by atoms with Gasteiger partial charge in [0.1, 0.15) is 0 Å². The molecule has 0 aromatic heterocycles. The highest BCUT2D eigenvalue weighted by molar-refractivity contribution is 4.49. The van der Waals surface area contributed by atoms with Crippen molar-refractivity contribution in [2.45, 2.75) is 26.3 Å². The van der Waals surface area contributed by atoms with Gasteiger partial charge in [0.05, 0.1) is 7.05 Å². The summed E-state index contributed by atoms with van der Waals surface area (Å²) in [5.74, 6) is 0. The molecule has 0 spiro atoms. The molecule has 0 saturated heterocycles. The maximum Gasteiger partial charge on any atom is 0.0509 e. The van der Waals surface area contributed by atoms with E-state index in [1.165, 1.54) is 0 Å². The Morgan fingerprint density at radius 2 is 2.25 bits per heavy atom. The van der Waals surface area contributed by atoms with Crippen LogP contribution in [0.3, 0.4) is 0 Å². The second kappa shape index (κ2) is 4.56. The van der Waals surface area contributed by atoms with Crippen molar-refractivity contribution in [1.82, 2.24) is 5.43 Å². The molecule has 0 rings (SSSR count). The molecule has 1 N–H and O–H groups in total. The van der Waals surface area contributed by atoms with Crippen LogP contribution in [0.25, 0.3) is 0 Å². The molecule has 1 unspecified atom stereocenters. The predicted octanol–water partition coefficient (Wildman–Crippen LogP) is 1.37. The lowest BCUT2D eigenvalue weighted by molar-refractivity contribution is 0.534. The summed E-state index contributed by atoms with van der Waals surface area (Å²) in [4.78, 5) is 0. The highest BCUT2D eigenvalue weighted by Crippen LogP contribution is 1.85. The van der Waals surface area contributed by atoms with Crippen molar-refractivity contribution in [1.29, 1.82) is 0 Å². The van der Waals surface area contributed by atoms with Crippen LogP contribution in [-0.4, -0.2) is 13.1 Å². The molecule has 0 fully saturated rings. The molecule has 3 nitrogen and oxygen atoms in total. The molecule has 8 heavy (non-hydrogen) atoms. The van der Waals surface area contributed by atoms with Crippen LogP contribution in [0, 0.1) is 0 Å². The quantitative estimate of drug-likeness (QED) is 0.437. The fourth-order valence-corrected chi connectivity index (χ4v) is 0.248. The Hall–Kier alpha value is -0.600. The minimum Gasteiger partial charge on any atom is -0.289 e.